The van der Waals surface area contributed by atoms with Crippen molar-refractivity contribution in [3.8, 4) is 61.5 Å². The highest BCUT2D eigenvalue weighted by Gasteiger charge is 2.20. The van der Waals surface area contributed by atoms with E-state index in [1.165, 1.54) is 10.8 Å². The molecular weight excluding hydrogens is 655 g/mol. The molecule has 6 heteroatoms. The van der Waals surface area contributed by atoms with Crippen molar-refractivity contribution in [3.63, 3.8) is 0 Å². The molecule has 0 radical (unpaired) electrons. The second-order valence-electron chi connectivity index (χ2n) is 12.7. The summed E-state index contributed by atoms with van der Waals surface area (Å²) in [5.74, 6) is 1.85. The molecule has 0 fully saturated rings. The normalized spacial score (nSPS) is 11.5. The molecule has 5 nitrogen and oxygen atoms in total. The molecule has 10 aromatic rings. The smallest absolute Gasteiger partial charge is 0.164 e. The lowest BCUT2D eigenvalue weighted by molar-refractivity contribution is 1.07. The zero-order chi connectivity index (χ0) is 34.4. The summed E-state index contributed by atoms with van der Waals surface area (Å²) >= 11 is 1.70. The summed E-state index contributed by atoms with van der Waals surface area (Å²) in [6.45, 7) is 0. The van der Waals surface area contributed by atoms with E-state index in [0.717, 1.165) is 65.3 Å². The first-order chi connectivity index (χ1) is 25.8. The van der Waals surface area contributed by atoms with Gasteiger partial charge < -0.3 is 4.57 Å². The Bertz CT molecular complexity index is 2820. The fourth-order valence-corrected chi connectivity index (χ4v) is 8.02. The summed E-state index contributed by atoms with van der Waals surface area (Å²) < 4.78 is 3.50. The van der Waals surface area contributed by atoms with E-state index in [-0.39, 0.29) is 0 Å². The van der Waals surface area contributed by atoms with E-state index in [9.17, 15) is 0 Å². The quantitative estimate of drug-likeness (QED) is 0.175. The molecule has 0 N–H and O–H groups in total. The minimum absolute atomic E-state index is 0.602. The number of rotatable bonds is 6. The van der Waals surface area contributed by atoms with Crippen molar-refractivity contribution < 1.29 is 0 Å². The van der Waals surface area contributed by atoms with Crippen LogP contribution in [0.25, 0.3) is 93.6 Å². The highest BCUT2D eigenvalue weighted by Crippen LogP contribution is 2.40. The van der Waals surface area contributed by atoms with Gasteiger partial charge in [-0.05, 0) is 59.7 Å². The molecule has 0 bridgehead atoms. The highest BCUT2D eigenvalue weighted by molar-refractivity contribution is 7.21. The molecule has 0 atom stereocenters. The van der Waals surface area contributed by atoms with Gasteiger partial charge in [-0.25, -0.2) is 19.9 Å². The van der Waals surface area contributed by atoms with Gasteiger partial charge in [0, 0.05) is 33.0 Å². The number of hydrogen-bond acceptors (Lipinski definition) is 5. The van der Waals surface area contributed by atoms with Crippen molar-refractivity contribution in [3.05, 3.63) is 176 Å². The number of benzene rings is 7. The van der Waals surface area contributed by atoms with E-state index < -0.39 is 0 Å². The van der Waals surface area contributed by atoms with Crippen LogP contribution in [0.3, 0.4) is 0 Å². The number of aromatic nitrogens is 5. The van der Waals surface area contributed by atoms with E-state index in [2.05, 4.69) is 138 Å². The number of fused-ring (bicyclic) bond motifs is 4. The molecule has 0 aliphatic rings. The van der Waals surface area contributed by atoms with Crippen molar-refractivity contribution in [2.45, 2.75) is 0 Å². The molecule has 0 aliphatic heterocycles. The first-order valence-electron chi connectivity index (χ1n) is 17.2. The SMILES string of the molecule is c1ccc(-c2cccc(-c3nc(-c4ccccc4)nc(-c4ccc(-n5c6ccccc6c6ccccc65)c(-c5nc6ccccc6s5)c4)n3)c2)cc1. The lowest BCUT2D eigenvalue weighted by Gasteiger charge is -2.15. The topological polar surface area (TPSA) is 56.5 Å². The second kappa shape index (κ2) is 12.5. The Hall–Kier alpha value is -6.76. The van der Waals surface area contributed by atoms with Crippen molar-refractivity contribution >= 4 is 43.4 Å². The number of hydrogen-bond donors (Lipinski definition) is 0. The van der Waals surface area contributed by atoms with Crippen molar-refractivity contribution in [2.24, 2.45) is 0 Å². The van der Waals surface area contributed by atoms with Gasteiger partial charge in [0.15, 0.2) is 17.5 Å². The molecular formula is C46H29N5S. The predicted octanol–water partition coefficient (Wildman–Crippen LogP) is 11.9. The maximum Gasteiger partial charge on any atom is 0.164 e. The Morgan fingerprint density at radius 3 is 1.62 bits per heavy atom. The molecule has 0 amide bonds. The molecule has 10 rings (SSSR count). The van der Waals surface area contributed by atoms with Gasteiger partial charge >= 0.3 is 0 Å². The van der Waals surface area contributed by atoms with Gasteiger partial charge in [-0.2, -0.15) is 0 Å². The Kier molecular flexibility index (Phi) is 7.25. The van der Waals surface area contributed by atoms with Gasteiger partial charge in [0.1, 0.15) is 5.01 Å². The lowest BCUT2D eigenvalue weighted by Crippen LogP contribution is -2.02. The van der Waals surface area contributed by atoms with Crippen LogP contribution in [0.2, 0.25) is 0 Å². The van der Waals surface area contributed by atoms with Gasteiger partial charge in [-0.15, -0.1) is 11.3 Å². The highest BCUT2D eigenvalue weighted by atomic mass is 32.1. The molecule has 3 aromatic heterocycles. The zero-order valence-electron chi connectivity index (χ0n) is 27.9. The van der Waals surface area contributed by atoms with Gasteiger partial charge in [0.2, 0.25) is 0 Å². The molecule has 52 heavy (non-hydrogen) atoms. The van der Waals surface area contributed by atoms with Gasteiger partial charge in [-0.3, -0.25) is 0 Å². The molecule has 7 aromatic carbocycles. The Morgan fingerprint density at radius 1 is 0.385 bits per heavy atom. The molecule has 0 unspecified atom stereocenters. The number of thiazole rings is 1. The van der Waals surface area contributed by atoms with E-state index in [1.54, 1.807) is 11.3 Å². The Morgan fingerprint density at radius 2 is 0.923 bits per heavy atom. The van der Waals surface area contributed by atoms with Gasteiger partial charge in [-0.1, -0.05) is 127 Å². The maximum atomic E-state index is 5.17. The maximum absolute atomic E-state index is 5.17. The van der Waals surface area contributed by atoms with Crippen LogP contribution in [0.1, 0.15) is 0 Å². The third-order valence-corrected chi connectivity index (χ3v) is 10.6. The van der Waals surface area contributed by atoms with E-state index in [0.29, 0.717) is 17.5 Å². The van der Waals surface area contributed by atoms with Crippen LogP contribution in [0, 0.1) is 0 Å². The first kappa shape index (κ1) is 30.1. The van der Waals surface area contributed by atoms with Crippen molar-refractivity contribution in [1.29, 1.82) is 0 Å². The monoisotopic (exact) mass is 683 g/mol. The van der Waals surface area contributed by atoms with Crippen LogP contribution < -0.4 is 0 Å². The van der Waals surface area contributed by atoms with Crippen LogP contribution in [-0.2, 0) is 0 Å². The van der Waals surface area contributed by atoms with Crippen molar-refractivity contribution in [1.82, 2.24) is 24.5 Å². The second-order valence-corrected chi connectivity index (χ2v) is 13.7. The van der Waals surface area contributed by atoms with E-state index >= 15 is 0 Å². The Balaban J connectivity index is 1.21. The summed E-state index contributed by atoms with van der Waals surface area (Å²) in [7, 11) is 0. The number of para-hydroxylation sites is 3. The van der Waals surface area contributed by atoms with E-state index in [1.807, 2.05) is 42.5 Å². The largest absolute Gasteiger partial charge is 0.309 e. The molecule has 0 spiro atoms. The average Bonchev–Trinajstić information content (AvgIpc) is 3.81. The predicted molar refractivity (Wildman–Crippen MR) is 215 cm³/mol. The average molecular weight is 684 g/mol. The van der Waals surface area contributed by atoms with Crippen LogP contribution in [0.4, 0.5) is 0 Å². The summed E-state index contributed by atoms with van der Waals surface area (Å²) in [5, 5.41) is 3.36. The lowest BCUT2D eigenvalue weighted by atomic mass is 10.0. The summed E-state index contributed by atoms with van der Waals surface area (Å²) in [5.41, 5.74) is 10.3. The molecule has 244 valence electrons. The van der Waals surface area contributed by atoms with Crippen LogP contribution >= 0.6 is 11.3 Å². The molecule has 0 saturated heterocycles. The first-order valence-corrected chi connectivity index (χ1v) is 18.0. The minimum Gasteiger partial charge on any atom is -0.309 e. The zero-order valence-corrected chi connectivity index (χ0v) is 28.7. The molecule has 3 heterocycles. The van der Waals surface area contributed by atoms with Crippen LogP contribution in [0.5, 0.6) is 0 Å². The van der Waals surface area contributed by atoms with Crippen LogP contribution in [0.15, 0.2) is 176 Å². The Labute approximate surface area is 304 Å². The van der Waals surface area contributed by atoms with Gasteiger partial charge in [0.05, 0.1) is 26.9 Å². The summed E-state index contributed by atoms with van der Waals surface area (Å²) in [6.07, 6.45) is 0. The third-order valence-electron chi connectivity index (χ3n) is 9.50. The fraction of sp³-hybridized carbons (Fsp3) is 0. The van der Waals surface area contributed by atoms with Gasteiger partial charge in [0.25, 0.3) is 0 Å². The standard InChI is InChI=1S/C46H29N5S/c1-3-14-30(15-4-1)32-18-13-19-33(28-32)44-48-43(31-16-5-2-6-17-31)49-45(50-44)34-26-27-41(37(29-34)46-47-38-22-9-12-25-42(38)52-46)51-39-23-10-7-20-35(39)36-21-8-11-24-40(36)51/h1-29H. The summed E-state index contributed by atoms with van der Waals surface area (Å²) in [4.78, 5) is 20.5. The van der Waals surface area contributed by atoms with E-state index in [4.69, 9.17) is 19.9 Å². The molecule has 0 aliphatic carbocycles. The summed E-state index contributed by atoms with van der Waals surface area (Å²) in [6, 6.07) is 61.0. The fourth-order valence-electron chi connectivity index (χ4n) is 7.03. The van der Waals surface area contributed by atoms with Crippen molar-refractivity contribution in [2.75, 3.05) is 0 Å². The minimum atomic E-state index is 0.602. The van der Waals surface area contributed by atoms with Crippen LogP contribution in [-0.4, -0.2) is 24.5 Å². The molecule has 0 saturated carbocycles. The number of nitrogens with zero attached hydrogens (tertiary/aromatic N) is 5. The third kappa shape index (κ3) is 5.25.